The van der Waals surface area contributed by atoms with E-state index < -0.39 is 12.1 Å². The van der Waals surface area contributed by atoms with Gasteiger partial charge in [-0.2, -0.15) is 0 Å². The van der Waals surface area contributed by atoms with Gasteiger partial charge in [-0.25, -0.2) is 9.48 Å². The molecule has 0 fully saturated rings. The Morgan fingerprint density at radius 2 is 1.92 bits per heavy atom. The fourth-order valence-corrected chi connectivity index (χ4v) is 2.66. The van der Waals surface area contributed by atoms with Crippen LogP contribution in [0.1, 0.15) is 24.2 Å². The largest absolute Gasteiger partial charge is 0.449 e. The average molecular weight is 352 g/mol. The third-order valence-corrected chi connectivity index (χ3v) is 4.15. The molecule has 3 rings (SSSR count). The Morgan fingerprint density at radius 3 is 2.62 bits per heavy atom. The molecule has 0 aliphatic rings. The SMILES string of the molecule is CCn1nnc2cc(C(=O)O[C@H](C)C(=O)N(C)c3ccccc3)ccc21. The molecule has 134 valence electrons. The fraction of sp³-hybridized carbons (Fsp3) is 0.263. The van der Waals surface area contributed by atoms with Crippen LogP contribution in [-0.4, -0.2) is 40.0 Å². The molecule has 0 unspecified atom stereocenters. The highest BCUT2D eigenvalue weighted by Gasteiger charge is 2.23. The molecular weight excluding hydrogens is 332 g/mol. The van der Waals surface area contributed by atoms with Crippen molar-refractivity contribution < 1.29 is 14.3 Å². The Balaban J connectivity index is 1.71. The van der Waals surface area contributed by atoms with Crippen LogP contribution in [0, 0.1) is 0 Å². The molecule has 0 bridgehead atoms. The number of anilines is 1. The molecule has 0 aliphatic carbocycles. The zero-order valence-electron chi connectivity index (χ0n) is 14.9. The van der Waals surface area contributed by atoms with Gasteiger partial charge in [0.2, 0.25) is 0 Å². The van der Waals surface area contributed by atoms with Crippen LogP contribution in [0.4, 0.5) is 5.69 Å². The second-order valence-corrected chi connectivity index (χ2v) is 5.89. The van der Waals surface area contributed by atoms with E-state index in [9.17, 15) is 9.59 Å². The van der Waals surface area contributed by atoms with Crippen molar-refractivity contribution in [3.05, 3.63) is 54.1 Å². The number of carbonyl (C=O) groups is 2. The molecule has 7 nitrogen and oxygen atoms in total. The minimum Gasteiger partial charge on any atom is -0.449 e. The molecule has 7 heteroatoms. The van der Waals surface area contributed by atoms with Gasteiger partial charge >= 0.3 is 5.97 Å². The van der Waals surface area contributed by atoms with Crippen molar-refractivity contribution in [1.29, 1.82) is 0 Å². The monoisotopic (exact) mass is 352 g/mol. The van der Waals surface area contributed by atoms with Crippen LogP contribution in [0.15, 0.2) is 48.5 Å². The number of amides is 1. The van der Waals surface area contributed by atoms with Gasteiger partial charge in [-0.3, -0.25) is 4.79 Å². The predicted octanol–water partition coefficient (Wildman–Crippen LogP) is 2.66. The third kappa shape index (κ3) is 3.42. The fourth-order valence-electron chi connectivity index (χ4n) is 2.66. The summed E-state index contributed by atoms with van der Waals surface area (Å²) in [7, 11) is 1.65. The molecule has 0 spiro atoms. The maximum absolute atomic E-state index is 12.5. The molecule has 0 radical (unpaired) electrons. The molecule has 0 aliphatic heterocycles. The Hall–Kier alpha value is -3.22. The number of hydrogen-bond donors (Lipinski definition) is 0. The van der Waals surface area contributed by atoms with Crippen LogP contribution in [0.2, 0.25) is 0 Å². The summed E-state index contributed by atoms with van der Waals surface area (Å²) in [5.74, 6) is -0.872. The van der Waals surface area contributed by atoms with Crippen LogP contribution >= 0.6 is 0 Å². The number of aromatic nitrogens is 3. The van der Waals surface area contributed by atoms with Gasteiger partial charge in [0.25, 0.3) is 5.91 Å². The van der Waals surface area contributed by atoms with Crippen molar-refractivity contribution >= 4 is 28.6 Å². The van der Waals surface area contributed by atoms with Gasteiger partial charge in [0, 0.05) is 19.3 Å². The molecular formula is C19H20N4O3. The summed E-state index contributed by atoms with van der Waals surface area (Å²) in [6, 6.07) is 14.2. The highest BCUT2D eigenvalue weighted by molar-refractivity contribution is 5.99. The lowest BCUT2D eigenvalue weighted by atomic mass is 10.2. The average Bonchev–Trinajstić information content (AvgIpc) is 3.09. The van der Waals surface area contributed by atoms with E-state index >= 15 is 0 Å². The van der Waals surface area contributed by atoms with E-state index in [2.05, 4.69) is 10.3 Å². The molecule has 1 aromatic heterocycles. The number of hydrogen-bond acceptors (Lipinski definition) is 5. The Labute approximate surface area is 151 Å². The first-order valence-corrected chi connectivity index (χ1v) is 8.38. The Kier molecular flexibility index (Phi) is 4.97. The first kappa shape index (κ1) is 17.6. The van der Waals surface area contributed by atoms with E-state index in [4.69, 9.17) is 4.74 Å². The number of likely N-dealkylation sites (N-methyl/N-ethyl adjacent to an activating group) is 1. The number of nitrogens with zero attached hydrogens (tertiary/aromatic N) is 4. The molecule has 3 aromatic rings. The lowest BCUT2D eigenvalue weighted by molar-refractivity contribution is -0.126. The van der Waals surface area contributed by atoms with Crippen LogP contribution in [0.5, 0.6) is 0 Å². The maximum atomic E-state index is 12.5. The number of fused-ring (bicyclic) bond motifs is 1. The van der Waals surface area contributed by atoms with Crippen LogP contribution < -0.4 is 4.90 Å². The predicted molar refractivity (Wildman–Crippen MR) is 97.9 cm³/mol. The summed E-state index contributed by atoms with van der Waals surface area (Å²) < 4.78 is 7.08. The van der Waals surface area contributed by atoms with Crippen molar-refractivity contribution in [3.8, 4) is 0 Å². The third-order valence-electron chi connectivity index (χ3n) is 4.15. The summed E-state index contributed by atoms with van der Waals surface area (Å²) in [6.45, 7) is 4.22. The van der Waals surface area contributed by atoms with Crippen molar-refractivity contribution in [2.45, 2.75) is 26.5 Å². The number of carbonyl (C=O) groups excluding carboxylic acids is 2. The summed E-state index contributed by atoms with van der Waals surface area (Å²) in [6.07, 6.45) is -0.908. The zero-order chi connectivity index (χ0) is 18.7. The smallest absolute Gasteiger partial charge is 0.338 e. The number of esters is 1. The molecule has 2 aromatic carbocycles. The van der Waals surface area contributed by atoms with E-state index in [1.165, 1.54) is 4.90 Å². The molecule has 0 saturated carbocycles. The van der Waals surface area contributed by atoms with E-state index in [0.717, 1.165) is 11.2 Å². The first-order valence-electron chi connectivity index (χ1n) is 8.38. The van der Waals surface area contributed by atoms with E-state index in [1.807, 2.05) is 37.3 Å². The summed E-state index contributed by atoms with van der Waals surface area (Å²) in [4.78, 5) is 26.3. The van der Waals surface area contributed by atoms with Gasteiger partial charge in [-0.1, -0.05) is 23.4 Å². The van der Waals surface area contributed by atoms with E-state index in [0.29, 0.717) is 17.6 Å². The van der Waals surface area contributed by atoms with Gasteiger partial charge in [-0.05, 0) is 44.2 Å². The number of para-hydroxylation sites is 1. The number of benzene rings is 2. The summed E-state index contributed by atoms with van der Waals surface area (Å²) in [5.41, 5.74) is 2.53. The molecule has 1 heterocycles. The topological polar surface area (TPSA) is 77.3 Å². The van der Waals surface area contributed by atoms with Gasteiger partial charge in [0.15, 0.2) is 6.10 Å². The highest BCUT2D eigenvalue weighted by Crippen LogP contribution is 2.16. The molecule has 0 N–H and O–H groups in total. The lowest BCUT2D eigenvalue weighted by Gasteiger charge is -2.21. The van der Waals surface area contributed by atoms with Crippen molar-refractivity contribution in [2.24, 2.45) is 0 Å². The zero-order valence-corrected chi connectivity index (χ0v) is 14.9. The van der Waals surface area contributed by atoms with E-state index in [1.54, 1.807) is 36.9 Å². The standard InChI is InChI=1S/C19H20N4O3/c1-4-23-17-11-10-14(12-16(17)20-21-23)19(25)26-13(2)18(24)22(3)15-8-6-5-7-9-15/h5-13H,4H2,1-3H3/t13-/m1/s1. The minimum atomic E-state index is -0.908. The number of ether oxygens (including phenoxy) is 1. The van der Waals surface area contributed by atoms with Gasteiger partial charge in [0.05, 0.1) is 11.1 Å². The number of rotatable bonds is 5. The van der Waals surface area contributed by atoms with Crippen molar-refractivity contribution in [3.63, 3.8) is 0 Å². The highest BCUT2D eigenvalue weighted by atomic mass is 16.5. The van der Waals surface area contributed by atoms with Crippen LogP contribution in [0.3, 0.4) is 0 Å². The maximum Gasteiger partial charge on any atom is 0.338 e. The second kappa shape index (κ2) is 7.35. The lowest BCUT2D eigenvalue weighted by Crippen LogP contribution is -2.37. The summed E-state index contributed by atoms with van der Waals surface area (Å²) >= 11 is 0. The second-order valence-electron chi connectivity index (χ2n) is 5.89. The van der Waals surface area contributed by atoms with Gasteiger partial charge < -0.3 is 9.64 Å². The molecule has 0 saturated heterocycles. The normalized spacial score (nSPS) is 12.0. The minimum absolute atomic E-state index is 0.303. The van der Waals surface area contributed by atoms with Crippen molar-refractivity contribution in [1.82, 2.24) is 15.0 Å². The summed E-state index contributed by atoms with van der Waals surface area (Å²) in [5, 5.41) is 8.06. The van der Waals surface area contributed by atoms with Crippen LogP contribution in [-0.2, 0) is 16.1 Å². The van der Waals surface area contributed by atoms with Gasteiger partial charge in [-0.15, -0.1) is 5.10 Å². The molecule has 1 amide bonds. The Bertz CT molecular complexity index is 936. The Morgan fingerprint density at radius 1 is 1.19 bits per heavy atom. The first-order chi connectivity index (χ1) is 12.5. The number of aryl methyl sites for hydroxylation is 1. The van der Waals surface area contributed by atoms with Crippen molar-refractivity contribution in [2.75, 3.05) is 11.9 Å². The quantitative estimate of drug-likeness (QED) is 0.660. The molecule has 1 atom stereocenters. The van der Waals surface area contributed by atoms with E-state index in [-0.39, 0.29) is 5.91 Å². The van der Waals surface area contributed by atoms with Gasteiger partial charge in [0.1, 0.15) is 5.52 Å². The van der Waals surface area contributed by atoms with Crippen LogP contribution in [0.25, 0.3) is 11.0 Å². The molecule has 26 heavy (non-hydrogen) atoms.